The van der Waals surface area contributed by atoms with E-state index in [2.05, 4.69) is 12.6 Å². The molecule has 0 unspecified atom stereocenters. The second kappa shape index (κ2) is 5.86. The lowest BCUT2D eigenvalue weighted by Gasteiger charge is -2.19. The minimum absolute atomic E-state index is 0.373. The minimum atomic E-state index is -2.66. The monoisotopic (exact) mass is 210 g/mol. The van der Waals surface area contributed by atoms with Gasteiger partial charge in [-0.1, -0.05) is 13.8 Å². The van der Waals surface area contributed by atoms with Crippen LogP contribution in [0.5, 0.6) is 0 Å². The van der Waals surface area contributed by atoms with Crippen LogP contribution < -0.4 is 0 Å². The average Bonchev–Trinajstić information content (AvgIpc) is 2.08. The Hall–Kier alpha value is 0.300. The van der Waals surface area contributed by atoms with Gasteiger partial charge >= 0.3 is 0 Å². The maximum atomic E-state index is 10.9. The molecule has 0 aromatic carbocycles. The van der Waals surface area contributed by atoms with Gasteiger partial charge in [0.15, 0.2) is 0 Å². The summed E-state index contributed by atoms with van der Waals surface area (Å²) in [6, 6.07) is 0. The number of thiol groups is 1. The first kappa shape index (κ1) is 12.3. The molecule has 0 saturated carbocycles. The first-order valence-electron chi connectivity index (χ1n) is 4.45. The molecule has 4 heteroatoms. The van der Waals surface area contributed by atoms with Gasteiger partial charge in [0.1, 0.15) is 9.84 Å². The second-order valence-corrected chi connectivity index (χ2v) is 5.45. The van der Waals surface area contributed by atoms with E-state index in [0.29, 0.717) is 17.4 Å². The van der Waals surface area contributed by atoms with Gasteiger partial charge < -0.3 is 0 Å². The maximum absolute atomic E-state index is 10.9. The molecule has 74 valence electrons. The van der Waals surface area contributed by atoms with Crippen LogP contribution in [0.1, 0.15) is 26.7 Å². The Balaban J connectivity index is 0.000000561. The summed E-state index contributed by atoms with van der Waals surface area (Å²) in [5, 5.41) is 0. The van der Waals surface area contributed by atoms with Crippen molar-refractivity contribution in [3.8, 4) is 0 Å². The van der Waals surface area contributed by atoms with E-state index in [1.54, 1.807) is 0 Å². The van der Waals surface area contributed by atoms with Crippen LogP contribution in [-0.4, -0.2) is 25.7 Å². The van der Waals surface area contributed by atoms with Crippen molar-refractivity contribution in [1.29, 1.82) is 0 Å². The first-order valence-corrected chi connectivity index (χ1v) is 6.91. The highest BCUT2D eigenvalue weighted by Crippen LogP contribution is 2.19. The third-order valence-corrected chi connectivity index (χ3v) is 4.16. The van der Waals surface area contributed by atoms with Crippen molar-refractivity contribution in [2.75, 3.05) is 17.3 Å². The molecule has 1 saturated heterocycles. The van der Waals surface area contributed by atoms with Crippen LogP contribution in [0.15, 0.2) is 0 Å². The highest BCUT2D eigenvalue weighted by atomic mass is 32.2. The van der Waals surface area contributed by atoms with Crippen LogP contribution >= 0.6 is 12.6 Å². The first-order chi connectivity index (χ1) is 5.64. The Morgan fingerprint density at radius 2 is 1.67 bits per heavy atom. The van der Waals surface area contributed by atoms with E-state index in [1.807, 2.05) is 13.8 Å². The molecule has 0 bridgehead atoms. The molecular weight excluding hydrogens is 192 g/mol. The zero-order valence-corrected chi connectivity index (χ0v) is 9.50. The van der Waals surface area contributed by atoms with Crippen molar-refractivity contribution in [2.45, 2.75) is 26.7 Å². The summed E-state index contributed by atoms with van der Waals surface area (Å²) in [5.74, 6) is 2.11. The van der Waals surface area contributed by atoms with Gasteiger partial charge in [-0.2, -0.15) is 12.6 Å². The molecule has 0 spiro atoms. The maximum Gasteiger partial charge on any atom is 0.150 e. The standard InChI is InChI=1S/C6H12O2S2.C2H6/c7-10(8)3-1-6(5-9)2-4-10;1-2/h6,9H,1-5H2;1-2H3. The molecule has 1 rings (SSSR count). The van der Waals surface area contributed by atoms with E-state index in [1.165, 1.54) is 0 Å². The van der Waals surface area contributed by atoms with Crippen LogP contribution in [0.3, 0.4) is 0 Å². The van der Waals surface area contributed by atoms with Crippen LogP contribution in [0.2, 0.25) is 0 Å². The normalized spacial score (nSPS) is 22.6. The van der Waals surface area contributed by atoms with Crippen LogP contribution in [0.4, 0.5) is 0 Å². The summed E-state index contributed by atoms with van der Waals surface area (Å²) < 4.78 is 21.8. The summed E-state index contributed by atoms with van der Waals surface area (Å²) in [4.78, 5) is 0. The topological polar surface area (TPSA) is 34.1 Å². The third kappa shape index (κ3) is 4.36. The lowest BCUT2D eigenvalue weighted by atomic mass is 10.1. The molecule has 0 aromatic rings. The summed E-state index contributed by atoms with van der Waals surface area (Å²) in [6.07, 6.45) is 1.62. The zero-order valence-electron chi connectivity index (χ0n) is 7.78. The molecule has 0 N–H and O–H groups in total. The van der Waals surface area contributed by atoms with Gasteiger partial charge in [0.05, 0.1) is 11.5 Å². The summed E-state index contributed by atoms with van der Waals surface area (Å²) in [5.41, 5.74) is 0. The Labute approximate surface area is 81.1 Å². The zero-order chi connectivity index (χ0) is 9.61. The van der Waals surface area contributed by atoms with Crippen molar-refractivity contribution >= 4 is 22.5 Å². The highest BCUT2D eigenvalue weighted by Gasteiger charge is 2.21. The van der Waals surface area contributed by atoms with E-state index in [0.717, 1.165) is 18.6 Å². The number of sulfone groups is 1. The summed E-state index contributed by atoms with van der Waals surface area (Å²) in [6.45, 7) is 4.00. The Bertz CT molecular complexity index is 183. The molecule has 0 radical (unpaired) electrons. The molecule has 2 nitrogen and oxygen atoms in total. The van der Waals surface area contributed by atoms with Crippen molar-refractivity contribution in [2.24, 2.45) is 5.92 Å². The quantitative estimate of drug-likeness (QED) is 0.669. The van der Waals surface area contributed by atoms with Gasteiger partial charge in [0.25, 0.3) is 0 Å². The lowest BCUT2D eigenvalue weighted by Crippen LogP contribution is -2.23. The van der Waals surface area contributed by atoms with Gasteiger partial charge in [-0.3, -0.25) is 0 Å². The molecule has 1 fully saturated rings. The Kier molecular flexibility index (Phi) is 6.01. The molecule has 1 aliphatic rings. The van der Waals surface area contributed by atoms with Gasteiger partial charge in [-0.05, 0) is 24.5 Å². The fourth-order valence-corrected chi connectivity index (χ4v) is 3.08. The fraction of sp³-hybridized carbons (Fsp3) is 1.00. The van der Waals surface area contributed by atoms with Crippen LogP contribution in [0.25, 0.3) is 0 Å². The molecular formula is C8H18O2S2. The number of rotatable bonds is 1. The van der Waals surface area contributed by atoms with E-state index < -0.39 is 9.84 Å². The molecule has 0 atom stereocenters. The molecule has 1 aliphatic heterocycles. The molecule has 12 heavy (non-hydrogen) atoms. The predicted molar refractivity (Wildman–Crippen MR) is 56.6 cm³/mol. The van der Waals surface area contributed by atoms with Crippen molar-refractivity contribution in [1.82, 2.24) is 0 Å². The third-order valence-electron chi connectivity index (χ3n) is 1.93. The average molecular weight is 210 g/mol. The number of hydrogen-bond donors (Lipinski definition) is 1. The largest absolute Gasteiger partial charge is 0.229 e. The predicted octanol–water partition coefficient (Wildman–Crippen LogP) is 1.77. The van der Waals surface area contributed by atoms with E-state index in [4.69, 9.17) is 0 Å². The van der Waals surface area contributed by atoms with E-state index in [-0.39, 0.29) is 0 Å². The van der Waals surface area contributed by atoms with Gasteiger partial charge in [0.2, 0.25) is 0 Å². The smallest absolute Gasteiger partial charge is 0.150 e. The molecule has 1 heterocycles. The van der Waals surface area contributed by atoms with E-state index in [9.17, 15) is 8.42 Å². The lowest BCUT2D eigenvalue weighted by molar-refractivity contribution is 0.507. The van der Waals surface area contributed by atoms with Crippen LogP contribution in [-0.2, 0) is 9.84 Å². The summed E-state index contributed by atoms with van der Waals surface area (Å²) in [7, 11) is -2.66. The van der Waals surface area contributed by atoms with Crippen molar-refractivity contribution in [3.05, 3.63) is 0 Å². The molecule has 0 amide bonds. The molecule has 0 aliphatic carbocycles. The SMILES string of the molecule is CC.O=S1(=O)CCC(CS)CC1. The van der Waals surface area contributed by atoms with Gasteiger partial charge in [-0.15, -0.1) is 0 Å². The second-order valence-electron chi connectivity index (χ2n) is 2.78. The van der Waals surface area contributed by atoms with Crippen LogP contribution in [0, 0.1) is 5.92 Å². The van der Waals surface area contributed by atoms with Crippen molar-refractivity contribution in [3.63, 3.8) is 0 Å². The van der Waals surface area contributed by atoms with Crippen molar-refractivity contribution < 1.29 is 8.42 Å². The number of hydrogen-bond acceptors (Lipinski definition) is 3. The van der Waals surface area contributed by atoms with E-state index >= 15 is 0 Å². The summed E-state index contributed by atoms with van der Waals surface area (Å²) >= 11 is 4.13. The minimum Gasteiger partial charge on any atom is -0.229 e. The fourth-order valence-electron chi connectivity index (χ4n) is 1.12. The molecule has 0 aromatic heterocycles. The highest BCUT2D eigenvalue weighted by molar-refractivity contribution is 7.91. The Morgan fingerprint density at radius 3 is 2.00 bits per heavy atom. The van der Waals surface area contributed by atoms with Gasteiger partial charge in [0, 0.05) is 0 Å². The van der Waals surface area contributed by atoms with Gasteiger partial charge in [-0.25, -0.2) is 8.42 Å². The Morgan fingerprint density at radius 1 is 1.25 bits per heavy atom.